The van der Waals surface area contributed by atoms with Crippen LogP contribution in [0.15, 0.2) is 0 Å². The largest absolute Gasteiger partial charge is 0.458 e. The molecule has 0 aliphatic heterocycles. The smallest absolute Gasteiger partial charge is 0.306 e. The van der Waals surface area contributed by atoms with E-state index in [9.17, 15) is 19.2 Å². The van der Waals surface area contributed by atoms with Gasteiger partial charge in [0.15, 0.2) is 12.4 Å². The van der Waals surface area contributed by atoms with Crippen LogP contribution in [-0.4, -0.2) is 36.2 Å². The maximum absolute atomic E-state index is 11.7. The molecule has 2 amide bonds. The highest BCUT2D eigenvalue weighted by molar-refractivity contribution is 5.97. The molecule has 0 saturated carbocycles. The van der Waals surface area contributed by atoms with Crippen molar-refractivity contribution < 1.29 is 23.9 Å². The maximum Gasteiger partial charge on any atom is 0.306 e. The summed E-state index contributed by atoms with van der Waals surface area (Å²) >= 11 is 0. The van der Waals surface area contributed by atoms with Crippen LogP contribution >= 0.6 is 0 Å². The lowest BCUT2D eigenvalue weighted by Gasteiger charge is -2.16. The Kier molecular flexibility index (Phi) is 11.0. The Morgan fingerprint density at radius 2 is 1.50 bits per heavy atom. The standard InChI is InChI=1S/C19H34N2O5/c1-13(2)17(20)18(25)21-15(23)10-8-6-7-9-11-16(24)26-12-14(22)19(3,4)5/h13,17H,6-12,20H2,1-5H3,(H,21,23,25)/t17-/m0/s1. The predicted molar refractivity (Wildman–Crippen MR) is 99.1 cm³/mol. The summed E-state index contributed by atoms with van der Waals surface area (Å²) in [6.07, 6.45) is 3.32. The maximum atomic E-state index is 11.7. The molecule has 0 aromatic carbocycles. The van der Waals surface area contributed by atoms with E-state index in [2.05, 4.69) is 5.32 Å². The fourth-order valence-electron chi connectivity index (χ4n) is 1.93. The van der Waals surface area contributed by atoms with Crippen molar-refractivity contribution >= 4 is 23.6 Å². The highest BCUT2D eigenvalue weighted by atomic mass is 16.5. The van der Waals surface area contributed by atoms with Gasteiger partial charge >= 0.3 is 5.97 Å². The van der Waals surface area contributed by atoms with Crippen molar-refractivity contribution in [3.8, 4) is 0 Å². The first-order valence-corrected chi connectivity index (χ1v) is 9.23. The molecule has 0 heterocycles. The zero-order valence-electron chi connectivity index (χ0n) is 16.7. The predicted octanol–water partition coefficient (Wildman–Crippen LogP) is 2.11. The minimum atomic E-state index is -0.685. The molecule has 0 aromatic heterocycles. The molecule has 26 heavy (non-hydrogen) atoms. The van der Waals surface area contributed by atoms with Crippen molar-refractivity contribution in [1.29, 1.82) is 0 Å². The number of hydrogen-bond acceptors (Lipinski definition) is 6. The Hall–Kier alpha value is -1.76. The van der Waals surface area contributed by atoms with E-state index < -0.39 is 17.4 Å². The number of nitrogens with two attached hydrogens (primary N) is 1. The highest BCUT2D eigenvalue weighted by Crippen LogP contribution is 2.14. The number of imide groups is 1. The second-order valence-electron chi connectivity index (χ2n) is 7.93. The van der Waals surface area contributed by atoms with Crippen LogP contribution in [0.3, 0.4) is 0 Å². The Bertz CT molecular complexity index is 495. The number of ether oxygens (including phenoxy) is 1. The van der Waals surface area contributed by atoms with Gasteiger partial charge in [0.2, 0.25) is 11.8 Å². The third-order valence-electron chi connectivity index (χ3n) is 4.02. The molecule has 3 N–H and O–H groups in total. The van der Waals surface area contributed by atoms with Crippen molar-refractivity contribution in [1.82, 2.24) is 5.32 Å². The molecule has 7 nitrogen and oxygen atoms in total. The molecular weight excluding hydrogens is 336 g/mol. The molecule has 0 saturated heterocycles. The molecule has 0 radical (unpaired) electrons. The number of amides is 2. The molecule has 0 spiro atoms. The van der Waals surface area contributed by atoms with E-state index in [1.807, 2.05) is 13.8 Å². The van der Waals surface area contributed by atoms with Crippen LogP contribution < -0.4 is 11.1 Å². The SMILES string of the molecule is CC(C)[C@H](N)C(=O)NC(=O)CCCCCCC(=O)OCC(=O)C(C)(C)C. The number of Topliss-reactive ketones (excluding diaryl/α,β-unsaturated/α-hetero) is 1. The third-order valence-corrected chi connectivity index (χ3v) is 4.02. The zero-order valence-corrected chi connectivity index (χ0v) is 16.7. The molecule has 1 atom stereocenters. The summed E-state index contributed by atoms with van der Waals surface area (Å²) in [4.78, 5) is 46.5. The summed E-state index contributed by atoms with van der Waals surface area (Å²) in [7, 11) is 0. The van der Waals surface area contributed by atoms with Gasteiger partial charge in [0.25, 0.3) is 0 Å². The van der Waals surface area contributed by atoms with Gasteiger partial charge in [-0.3, -0.25) is 24.5 Å². The minimum Gasteiger partial charge on any atom is -0.458 e. The van der Waals surface area contributed by atoms with Crippen LogP contribution in [0.5, 0.6) is 0 Å². The lowest BCUT2D eigenvalue weighted by atomic mass is 9.91. The number of esters is 1. The average molecular weight is 370 g/mol. The van der Waals surface area contributed by atoms with Gasteiger partial charge in [-0.25, -0.2) is 0 Å². The molecule has 0 rings (SSSR count). The molecule has 150 valence electrons. The van der Waals surface area contributed by atoms with Crippen molar-refractivity contribution in [3.63, 3.8) is 0 Å². The van der Waals surface area contributed by atoms with Gasteiger partial charge in [-0.2, -0.15) is 0 Å². The molecule has 7 heteroatoms. The van der Waals surface area contributed by atoms with Crippen molar-refractivity contribution in [2.45, 2.75) is 79.2 Å². The summed E-state index contributed by atoms with van der Waals surface area (Å²) in [6.45, 7) is 8.79. The topological polar surface area (TPSA) is 116 Å². The quantitative estimate of drug-likeness (QED) is 0.425. The van der Waals surface area contributed by atoms with Gasteiger partial charge in [-0.15, -0.1) is 0 Å². The summed E-state index contributed by atoms with van der Waals surface area (Å²) in [5.74, 6) is -1.29. The highest BCUT2D eigenvalue weighted by Gasteiger charge is 2.22. The van der Waals surface area contributed by atoms with Crippen LogP contribution in [-0.2, 0) is 23.9 Å². The van der Waals surface area contributed by atoms with Crippen LogP contribution in [0.4, 0.5) is 0 Å². The number of unbranched alkanes of at least 4 members (excludes halogenated alkanes) is 3. The number of ketones is 1. The Morgan fingerprint density at radius 3 is 2.00 bits per heavy atom. The number of rotatable bonds is 11. The van der Waals surface area contributed by atoms with Crippen LogP contribution in [0.2, 0.25) is 0 Å². The first kappa shape index (κ1) is 24.2. The molecule has 0 fully saturated rings. The van der Waals surface area contributed by atoms with E-state index >= 15 is 0 Å². The van der Waals surface area contributed by atoms with E-state index in [4.69, 9.17) is 10.5 Å². The fourth-order valence-corrected chi connectivity index (χ4v) is 1.93. The van der Waals surface area contributed by atoms with Crippen molar-refractivity contribution in [3.05, 3.63) is 0 Å². The van der Waals surface area contributed by atoms with Gasteiger partial charge in [-0.05, 0) is 18.8 Å². The summed E-state index contributed by atoms with van der Waals surface area (Å²) in [5.41, 5.74) is 5.16. The first-order valence-electron chi connectivity index (χ1n) is 9.23. The molecular formula is C19H34N2O5. The molecule has 0 aliphatic carbocycles. The molecule has 0 aliphatic rings. The first-order chi connectivity index (χ1) is 11.9. The Balaban J connectivity index is 3.75. The van der Waals surface area contributed by atoms with E-state index in [1.165, 1.54) is 0 Å². The van der Waals surface area contributed by atoms with Gasteiger partial charge in [-0.1, -0.05) is 47.5 Å². The van der Waals surface area contributed by atoms with Crippen LogP contribution in [0.25, 0.3) is 0 Å². The van der Waals surface area contributed by atoms with Gasteiger partial charge in [0, 0.05) is 18.3 Å². The van der Waals surface area contributed by atoms with Gasteiger partial charge in [0.05, 0.1) is 6.04 Å². The third kappa shape index (κ3) is 11.0. The normalized spacial score (nSPS) is 12.6. The molecule has 0 aromatic rings. The lowest BCUT2D eigenvalue weighted by molar-refractivity contribution is -0.150. The second kappa shape index (κ2) is 11.8. The lowest BCUT2D eigenvalue weighted by Crippen LogP contribution is -2.46. The number of hydrogen-bond donors (Lipinski definition) is 2. The fraction of sp³-hybridized carbons (Fsp3) is 0.789. The summed E-state index contributed by atoms with van der Waals surface area (Å²) in [6, 6.07) is -0.685. The monoisotopic (exact) mass is 370 g/mol. The average Bonchev–Trinajstić information content (AvgIpc) is 2.53. The van der Waals surface area contributed by atoms with Crippen molar-refractivity contribution in [2.75, 3.05) is 6.61 Å². The zero-order chi connectivity index (χ0) is 20.3. The van der Waals surface area contributed by atoms with E-state index in [0.29, 0.717) is 12.8 Å². The summed E-state index contributed by atoms with van der Waals surface area (Å²) in [5, 5.41) is 2.30. The molecule has 0 bridgehead atoms. The number of nitrogens with one attached hydrogen (secondary N) is 1. The van der Waals surface area contributed by atoms with Crippen LogP contribution in [0, 0.1) is 11.3 Å². The molecule has 0 unspecified atom stereocenters. The van der Waals surface area contributed by atoms with Crippen molar-refractivity contribution in [2.24, 2.45) is 17.1 Å². The minimum absolute atomic E-state index is 0.0266. The van der Waals surface area contributed by atoms with E-state index in [1.54, 1.807) is 20.8 Å². The second-order valence-corrected chi connectivity index (χ2v) is 7.93. The Morgan fingerprint density at radius 1 is 0.962 bits per heavy atom. The summed E-state index contributed by atoms with van der Waals surface area (Å²) < 4.78 is 4.96. The van der Waals surface area contributed by atoms with Gasteiger partial charge < -0.3 is 10.5 Å². The van der Waals surface area contributed by atoms with Crippen LogP contribution in [0.1, 0.15) is 73.1 Å². The Labute approximate surface area is 156 Å². The van der Waals surface area contributed by atoms with Gasteiger partial charge in [0.1, 0.15) is 0 Å². The number of carbonyl (C=O) groups is 4. The number of carbonyl (C=O) groups excluding carboxylic acids is 4. The van der Waals surface area contributed by atoms with E-state index in [-0.39, 0.29) is 43.0 Å². The van der Waals surface area contributed by atoms with E-state index in [0.717, 1.165) is 12.8 Å².